The van der Waals surface area contributed by atoms with Crippen LogP contribution in [0.2, 0.25) is 0 Å². The fourth-order valence-corrected chi connectivity index (χ4v) is 5.75. The van der Waals surface area contributed by atoms with Gasteiger partial charge in [0, 0.05) is 12.6 Å². The molecule has 0 aromatic carbocycles. The number of rotatable bonds is 11. The molecule has 0 saturated heterocycles. The molecule has 2 fully saturated rings. The molecular weight excluding hydrogens is 484 g/mol. The van der Waals surface area contributed by atoms with Crippen molar-refractivity contribution in [1.82, 2.24) is 4.90 Å². The summed E-state index contributed by atoms with van der Waals surface area (Å²) in [5, 5.41) is 9.38. The molecule has 220 valence electrons. The van der Waals surface area contributed by atoms with Crippen molar-refractivity contribution in [2.24, 2.45) is 27.7 Å². The van der Waals surface area contributed by atoms with Gasteiger partial charge in [0.05, 0.1) is 12.1 Å². The minimum absolute atomic E-state index is 0.0184. The topological polar surface area (TPSA) is 70.0 Å². The highest BCUT2D eigenvalue weighted by Gasteiger charge is 2.33. The molecule has 2 rings (SSSR count). The number of amides is 1. The zero-order valence-electron chi connectivity index (χ0n) is 26.4. The van der Waals surface area contributed by atoms with Gasteiger partial charge in [-0.1, -0.05) is 85.1 Å². The molecule has 0 bridgehead atoms. The number of hydrogen-bond acceptors (Lipinski definition) is 3. The van der Waals surface area contributed by atoms with Crippen LogP contribution in [0, 0.1) is 22.7 Å². The van der Waals surface area contributed by atoms with E-state index in [0.29, 0.717) is 17.3 Å². The summed E-state index contributed by atoms with van der Waals surface area (Å²) in [7, 11) is 1.90. The minimum Gasteiger partial charge on any atom is -0.478 e. The van der Waals surface area contributed by atoms with Gasteiger partial charge in [-0.3, -0.25) is 9.79 Å². The molecule has 1 amide bonds. The van der Waals surface area contributed by atoms with E-state index in [2.05, 4.69) is 48.1 Å². The van der Waals surface area contributed by atoms with Gasteiger partial charge in [-0.05, 0) is 87.0 Å². The second-order valence-electron chi connectivity index (χ2n) is 14.5. The van der Waals surface area contributed by atoms with Crippen LogP contribution in [0.15, 0.2) is 40.4 Å². The van der Waals surface area contributed by atoms with Gasteiger partial charge >= 0.3 is 5.97 Å². The normalized spacial score (nSPS) is 22.7. The highest BCUT2D eigenvalue weighted by molar-refractivity contribution is 6.39. The second kappa shape index (κ2) is 13.9. The maximum atomic E-state index is 14.2. The Morgan fingerprint density at radius 1 is 1.00 bits per heavy atom. The van der Waals surface area contributed by atoms with Crippen molar-refractivity contribution in [3.05, 3.63) is 35.5 Å². The summed E-state index contributed by atoms with van der Waals surface area (Å²) in [6.45, 7) is 21.4. The molecule has 0 aromatic rings. The van der Waals surface area contributed by atoms with Crippen LogP contribution in [0.3, 0.4) is 0 Å². The Labute approximate surface area is 238 Å². The van der Waals surface area contributed by atoms with Crippen LogP contribution in [0.5, 0.6) is 0 Å². The van der Waals surface area contributed by atoms with E-state index in [0.717, 1.165) is 49.0 Å². The number of nitrogens with zero attached hydrogens (tertiary/aromatic N) is 2. The van der Waals surface area contributed by atoms with E-state index in [-0.39, 0.29) is 29.0 Å². The third-order valence-electron chi connectivity index (χ3n) is 8.87. The van der Waals surface area contributed by atoms with Crippen LogP contribution in [0.1, 0.15) is 120 Å². The maximum Gasteiger partial charge on any atom is 0.331 e. The average molecular weight is 541 g/mol. The van der Waals surface area contributed by atoms with Crippen molar-refractivity contribution in [2.75, 3.05) is 7.05 Å². The molecule has 2 aliphatic rings. The number of aliphatic carboxylic acids is 1. The van der Waals surface area contributed by atoms with Crippen molar-refractivity contribution in [2.45, 2.75) is 132 Å². The van der Waals surface area contributed by atoms with E-state index < -0.39 is 5.97 Å². The number of carboxylic acid groups (broad SMARTS) is 1. The van der Waals surface area contributed by atoms with E-state index >= 15 is 0 Å². The largest absolute Gasteiger partial charge is 0.478 e. The standard InChI is InChI=1S/C34H56N2O3/c1-23(2)28(19-14-24(3)32(38)39)30(20-21-33(4,5)6)36(10)31(37)29(22-25-12-11-13-25)35-27-17-15-26(16-18-27)34(7,8)9/h14,19,25-27,30H,1,11-13,15-18,20-22H2,2-10H3,(H,38,39). The molecule has 1 unspecified atom stereocenters. The minimum atomic E-state index is -0.945. The Balaban J connectivity index is 2.39. The molecule has 1 N–H and O–H groups in total. The Hall–Kier alpha value is -2.17. The number of aliphatic imine (C=N–C) groups is 1. The second-order valence-corrected chi connectivity index (χ2v) is 14.5. The van der Waals surface area contributed by atoms with E-state index in [4.69, 9.17) is 4.99 Å². The van der Waals surface area contributed by atoms with Crippen molar-refractivity contribution >= 4 is 17.6 Å². The third kappa shape index (κ3) is 10.4. The van der Waals surface area contributed by atoms with Gasteiger partial charge in [0.25, 0.3) is 5.91 Å². The zero-order valence-corrected chi connectivity index (χ0v) is 26.4. The Bertz CT molecular complexity index is 961. The number of allylic oxidation sites excluding steroid dienone is 2. The molecule has 0 aliphatic heterocycles. The van der Waals surface area contributed by atoms with Gasteiger partial charge in [-0.25, -0.2) is 4.79 Å². The fraction of sp³-hybridized carbons (Fsp3) is 0.735. The monoisotopic (exact) mass is 540 g/mol. The van der Waals surface area contributed by atoms with Crippen LogP contribution in [0.4, 0.5) is 0 Å². The first-order valence-electron chi connectivity index (χ1n) is 15.1. The molecule has 0 heterocycles. The van der Waals surface area contributed by atoms with E-state index in [1.165, 1.54) is 32.1 Å². The third-order valence-corrected chi connectivity index (χ3v) is 8.87. The first-order chi connectivity index (χ1) is 18.0. The molecule has 39 heavy (non-hydrogen) atoms. The van der Waals surface area contributed by atoms with E-state index in [1.807, 2.05) is 24.9 Å². The number of likely N-dealkylation sites (N-methyl/N-ethyl adjacent to an activating group) is 1. The predicted octanol–water partition coefficient (Wildman–Crippen LogP) is 8.41. The summed E-state index contributed by atoms with van der Waals surface area (Å²) < 4.78 is 0. The fourth-order valence-electron chi connectivity index (χ4n) is 5.75. The quantitative estimate of drug-likeness (QED) is 0.162. The lowest BCUT2D eigenvalue weighted by molar-refractivity contribution is -0.132. The summed E-state index contributed by atoms with van der Waals surface area (Å²) in [5.74, 6) is 0.339. The maximum absolute atomic E-state index is 14.2. The van der Waals surface area contributed by atoms with Crippen molar-refractivity contribution in [1.29, 1.82) is 0 Å². The molecular formula is C34H56N2O3. The first-order valence-corrected chi connectivity index (χ1v) is 15.1. The van der Waals surface area contributed by atoms with Gasteiger partial charge < -0.3 is 10.0 Å². The number of carbonyl (C=O) groups excluding carboxylic acids is 1. The van der Waals surface area contributed by atoms with Crippen LogP contribution in [-0.2, 0) is 9.59 Å². The molecule has 1 atom stereocenters. The molecule has 0 spiro atoms. The van der Waals surface area contributed by atoms with E-state index in [9.17, 15) is 14.7 Å². The molecule has 0 radical (unpaired) electrons. The lowest BCUT2D eigenvalue weighted by atomic mass is 9.71. The number of carboxylic acids is 1. The molecule has 0 aromatic heterocycles. The highest BCUT2D eigenvalue weighted by atomic mass is 16.4. The Morgan fingerprint density at radius 3 is 2.03 bits per heavy atom. The Morgan fingerprint density at radius 2 is 1.59 bits per heavy atom. The van der Waals surface area contributed by atoms with Crippen LogP contribution in [-0.4, -0.2) is 46.7 Å². The van der Waals surface area contributed by atoms with Crippen molar-refractivity contribution in [3.8, 4) is 0 Å². The summed E-state index contributed by atoms with van der Waals surface area (Å²) in [5.41, 5.74) is 3.17. The molecule has 2 saturated carbocycles. The summed E-state index contributed by atoms with van der Waals surface area (Å²) in [6, 6.07) is 0.0247. The lowest BCUT2D eigenvalue weighted by Crippen LogP contribution is -2.44. The van der Waals surface area contributed by atoms with Crippen LogP contribution >= 0.6 is 0 Å². The highest BCUT2D eigenvalue weighted by Crippen LogP contribution is 2.39. The SMILES string of the molecule is C=C(C)C(=CC=C(C)C(=O)O)C(CCC(C)(C)C)N(C)C(=O)C(CC1CCC1)=NC1CCC(C(C)(C)C)CC1. The van der Waals surface area contributed by atoms with E-state index in [1.54, 1.807) is 13.0 Å². The number of carbonyl (C=O) groups is 2. The Kier molecular flexibility index (Phi) is 11.8. The predicted molar refractivity (Wildman–Crippen MR) is 164 cm³/mol. The van der Waals surface area contributed by atoms with Gasteiger partial charge in [0.1, 0.15) is 5.71 Å². The van der Waals surface area contributed by atoms with Gasteiger partial charge in [0.15, 0.2) is 0 Å². The van der Waals surface area contributed by atoms with Crippen LogP contribution in [0.25, 0.3) is 0 Å². The number of hydrogen-bond donors (Lipinski definition) is 1. The smallest absolute Gasteiger partial charge is 0.331 e. The average Bonchev–Trinajstić information content (AvgIpc) is 2.80. The van der Waals surface area contributed by atoms with Gasteiger partial charge in [0.2, 0.25) is 0 Å². The summed E-state index contributed by atoms with van der Waals surface area (Å²) >= 11 is 0. The van der Waals surface area contributed by atoms with Crippen LogP contribution < -0.4 is 0 Å². The van der Waals surface area contributed by atoms with Crippen molar-refractivity contribution in [3.63, 3.8) is 0 Å². The summed E-state index contributed by atoms with van der Waals surface area (Å²) in [6.07, 6.45) is 14.0. The van der Waals surface area contributed by atoms with Gasteiger partial charge in [-0.15, -0.1) is 0 Å². The summed E-state index contributed by atoms with van der Waals surface area (Å²) in [4.78, 5) is 32.7. The zero-order chi connectivity index (χ0) is 29.5. The van der Waals surface area contributed by atoms with Gasteiger partial charge in [-0.2, -0.15) is 0 Å². The van der Waals surface area contributed by atoms with Crippen molar-refractivity contribution < 1.29 is 14.7 Å². The molecule has 5 nitrogen and oxygen atoms in total. The first kappa shape index (κ1) is 33.0. The molecule has 2 aliphatic carbocycles. The lowest BCUT2D eigenvalue weighted by Gasteiger charge is -2.37. The molecule has 5 heteroatoms.